The van der Waals surface area contributed by atoms with Crippen LogP contribution >= 0.6 is 0 Å². The van der Waals surface area contributed by atoms with Crippen LogP contribution in [0.1, 0.15) is 30.1 Å². The van der Waals surface area contributed by atoms with Gasteiger partial charge in [-0.15, -0.1) is 0 Å². The summed E-state index contributed by atoms with van der Waals surface area (Å²) in [6, 6.07) is 4.27. The summed E-state index contributed by atoms with van der Waals surface area (Å²) < 4.78 is 37.1. The fourth-order valence-electron chi connectivity index (χ4n) is 2.97. The minimum absolute atomic E-state index is 0.0823. The van der Waals surface area contributed by atoms with Crippen LogP contribution in [0, 0.1) is 5.92 Å². The predicted molar refractivity (Wildman–Crippen MR) is 94.4 cm³/mol. The van der Waals surface area contributed by atoms with Gasteiger partial charge in [0.2, 0.25) is 10.0 Å². The molecule has 1 aliphatic heterocycles. The summed E-state index contributed by atoms with van der Waals surface area (Å²) in [7, 11) is -0.976. The fourth-order valence-corrected chi connectivity index (χ4v) is 4.46. The lowest BCUT2D eigenvalue weighted by atomic mass is 9.98. The molecule has 2 rings (SSSR count). The second-order valence-electron chi connectivity index (χ2n) is 6.01. The maximum absolute atomic E-state index is 12.9. The number of rotatable bonds is 7. The Morgan fingerprint density at radius 2 is 1.96 bits per heavy atom. The Morgan fingerprint density at radius 1 is 1.28 bits per heavy atom. The third kappa shape index (κ3) is 4.50. The van der Waals surface area contributed by atoms with Crippen LogP contribution in [0.15, 0.2) is 23.1 Å². The second-order valence-corrected chi connectivity index (χ2v) is 7.95. The predicted octanol–water partition coefficient (Wildman–Crippen LogP) is 1.49. The molecule has 1 saturated heterocycles. The SMILES string of the molecule is CCNCC1CCN(S(=O)(=O)c2ccc(OC)c(C(=O)OC)c2)CC1. The Balaban J connectivity index is 2.19. The molecule has 0 atom stereocenters. The number of hydrogen-bond donors (Lipinski definition) is 1. The van der Waals surface area contributed by atoms with Crippen LogP contribution in [0.2, 0.25) is 0 Å². The zero-order chi connectivity index (χ0) is 18.4. The highest BCUT2D eigenvalue weighted by atomic mass is 32.2. The number of benzene rings is 1. The summed E-state index contributed by atoms with van der Waals surface area (Å²) in [5, 5.41) is 3.31. The number of nitrogens with zero attached hydrogens (tertiary/aromatic N) is 1. The van der Waals surface area contributed by atoms with E-state index in [4.69, 9.17) is 9.47 Å². The first-order chi connectivity index (χ1) is 11.9. The molecule has 0 aliphatic carbocycles. The third-order valence-electron chi connectivity index (χ3n) is 4.47. The summed E-state index contributed by atoms with van der Waals surface area (Å²) in [6.07, 6.45) is 1.65. The Bertz CT molecular complexity index is 697. The molecule has 8 heteroatoms. The van der Waals surface area contributed by atoms with E-state index in [1.54, 1.807) is 0 Å². The van der Waals surface area contributed by atoms with E-state index in [0.29, 0.717) is 19.0 Å². The molecule has 1 fully saturated rings. The molecule has 7 nitrogen and oxygen atoms in total. The van der Waals surface area contributed by atoms with Crippen molar-refractivity contribution in [2.75, 3.05) is 40.4 Å². The van der Waals surface area contributed by atoms with Crippen molar-refractivity contribution in [2.45, 2.75) is 24.7 Å². The van der Waals surface area contributed by atoms with E-state index in [9.17, 15) is 13.2 Å². The quantitative estimate of drug-likeness (QED) is 0.732. The average Bonchev–Trinajstić information content (AvgIpc) is 2.65. The number of carbonyl (C=O) groups excluding carboxylic acids is 1. The number of esters is 1. The molecule has 1 aromatic carbocycles. The van der Waals surface area contributed by atoms with E-state index < -0.39 is 16.0 Å². The normalized spacial score (nSPS) is 16.6. The Kier molecular flexibility index (Phi) is 6.80. The molecule has 1 heterocycles. The topological polar surface area (TPSA) is 84.9 Å². The number of nitrogens with one attached hydrogen (secondary N) is 1. The molecular formula is C17H26N2O5S. The van der Waals surface area contributed by atoms with Gasteiger partial charge < -0.3 is 14.8 Å². The summed E-state index contributed by atoms with van der Waals surface area (Å²) in [4.78, 5) is 12.0. The van der Waals surface area contributed by atoms with Gasteiger partial charge in [-0.3, -0.25) is 0 Å². The molecule has 0 radical (unpaired) electrons. The molecule has 0 amide bonds. The van der Waals surface area contributed by atoms with Gasteiger partial charge in [-0.1, -0.05) is 6.92 Å². The van der Waals surface area contributed by atoms with Crippen molar-refractivity contribution in [3.63, 3.8) is 0 Å². The number of carbonyl (C=O) groups is 1. The van der Waals surface area contributed by atoms with Gasteiger partial charge in [0.05, 0.1) is 19.1 Å². The van der Waals surface area contributed by atoms with Gasteiger partial charge in [-0.2, -0.15) is 4.31 Å². The van der Waals surface area contributed by atoms with Crippen LogP contribution in [0.25, 0.3) is 0 Å². The highest BCUT2D eigenvalue weighted by molar-refractivity contribution is 7.89. The monoisotopic (exact) mass is 370 g/mol. The molecular weight excluding hydrogens is 344 g/mol. The number of methoxy groups -OCH3 is 2. The minimum atomic E-state index is -3.65. The van der Waals surface area contributed by atoms with Crippen molar-refractivity contribution in [3.05, 3.63) is 23.8 Å². The molecule has 0 aromatic heterocycles. The maximum atomic E-state index is 12.9. The van der Waals surface area contributed by atoms with Crippen LogP contribution in [0.4, 0.5) is 0 Å². The van der Waals surface area contributed by atoms with Crippen molar-refractivity contribution in [3.8, 4) is 5.75 Å². The van der Waals surface area contributed by atoms with Crippen molar-refractivity contribution >= 4 is 16.0 Å². The molecule has 0 saturated carbocycles. The van der Waals surface area contributed by atoms with Crippen LogP contribution in [-0.4, -0.2) is 59.1 Å². The average molecular weight is 370 g/mol. The highest BCUT2D eigenvalue weighted by Crippen LogP contribution is 2.27. The highest BCUT2D eigenvalue weighted by Gasteiger charge is 2.30. The second kappa shape index (κ2) is 8.64. The number of sulfonamides is 1. The van der Waals surface area contributed by atoms with Crippen LogP contribution in [0.3, 0.4) is 0 Å². The van der Waals surface area contributed by atoms with Crippen LogP contribution in [0.5, 0.6) is 5.75 Å². The van der Waals surface area contributed by atoms with Gasteiger partial charge in [-0.05, 0) is 50.0 Å². The van der Waals surface area contributed by atoms with E-state index >= 15 is 0 Å². The molecule has 140 valence electrons. The van der Waals surface area contributed by atoms with Crippen molar-refractivity contribution < 1.29 is 22.7 Å². The zero-order valence-corrected chi connectivity index (χ0v) is 15.8. The summed E-state index contributed by atoms with van der Waals surface area (Å²) >= 11 is 0. The molecule has 1 N–H and O–H groups in total. The molecule has 1 aliphatic rings. The van der Waals surface area contributed by atoms with Gasteiger partial charge in [0.1, 0.15) is 11.3 Å². The lowest BCUT2D eigenvalue weighted by Crippen LogP contribution is -2.40. The summed E-state index contributed by atoms with van der Waals surface area (Å²) in [6.45, 7) is 4.86. The number of ether oxygens (including phenoxy) is 2. The van der Waals surface area contributed by atoms with E-state index in [-0.39, 0.29) is 16.2 Å². The van der Waals surface area contributed by atoms with Crippen molar-refractivity contribution in [2.24, 2.45) is 5.92 Å². The molecule has 1 aromatic rings. The summed E-state index contributed by atoms with van der Waals surface area (Å²) in [5.41, 5.74) is 0.105. The largest absolute Gasteiger partial charge is 0.496 e. The standard InChI is InChI=1S/C17H26N2O5S/c1-4-18-12-13-7-9-19(10-8-13)25(21,22)14-5-6-16(23-2)15(11-14)17(20)24-3/h5-6,11,13,18H,4,7-10,12H2,1-3H3. The lowest BCUT2D eigenvalue weighted by Gasteiger charge is -2.31. The number of hydrogen-bond acceptors (Lipinski definition) is 6. The van der Waals surface area contributed by atoms with E-state index in [0.717, 1.165) is 25.9 Å². The molecule has 0 spiro atoms. The summed E-state index contributed by atoms with van der Waals surface area (Å²) in [5.74, 6) is 0.154. The lowest BCUT2D eigenvalue weighted by molar-refractivity contribution is 0.0597. The zero-order valence-electron chi connectivity index (χ0n) is 14.9. The Hall–Kier alpha value is -1.64. The van der Waals surface area contributed by atoms with E-state index in [1.807, 2.05) is 0 Å². The van der Waals surface area contributed by atoms with Crippen molar-refractivity contribution in [1.82, 2.24) is 9.62 Å². The third-order valence-corrected chi connectivity index (χ3v) is 6.37. The molecule has 0 unspecified atom stereocenters. The smallest absolute Gasteiger partial charge is 0.341 e. The van der Waals surface area contributed by atoms with Crippen LogP contribution < -0.4 is 10.1 Å². The molecule has 25 heavy (non-hydrogen) atoms. The van der Waals surface area contributed by atoms with Gasteiger partial charge in [0, 0.05) is 13.1 Å². The van der Waals surface area contributed by atoms with Gasteiger partial charge in [-0.25, -0.2) is 13.2 Å². The van der Waals surface area contributed by atoms with Gasteiger partial charge in [0.15, 0.2) is 0 Å². The van der Waals surface area contributed by atoms with Crippen LogP contribution in [-0.2, 0) is 14.8 Å². The molecule has 0 bridgehead atoms. The van der Waals surface area contributed by atoms with Crippen molar-refractivity contribution in [1.29, 1.82) is 0 Å². The fraction of sp³-hybridized carbons (Fsp3) is 0.588. The first-order valence-corrected chi connectivity index (χ1v) is 9.85. The first-order valence-electron chi connectivity index (χ1n) is 8.41. The van der Waals surface area contributed by atoms with Gasteiger partial charge >= 0.3 is 5.97 Å². The van der Waals surface area contributed by atoms with E-state index in [1.165, 1.54) is 36.7 Å². The first kappa shape index (κ1) is 19.7. The van der Waals surface area contributed by atoms with E-state index in [2.05, 4.69) is 12.2 Å². The minimum Gasteiger partial charge on any atom is -0.496 e. The van der Waals surface area contributed by atoms with Gasteiger partial charge in [0.25, 0.3) is 0 Å². The Labute approximate surface area is 149 Å². The Morgan fingerprint density at radius 3 is 2.52 bits per heavy atom. The number of piperidine rings is 1. The maximum Gasteiger partial charge on any atom is 0.341 e.